The molecule has 2 fully saturated rings. The summed E-state index contributed by atoms with van der Waals surface area (Å²) in [5.74, 6) is 0. The molecule has 11 heteroatoms. The van der Waals surface area contributed by atoms with Gasteiger partial charge in [0.25, 0.3) is 0 Å². The third-order valence-corrected chi connectivity index (χ3v) is 8.55. The van der Waals surface area contributed by atoms with E-state index in [9.17, 15) is 0 Å². The zero-order chi connectivity index (χ0) is 26.1. The van der Waals surface area contributed by atoms with Gasteiger partial charge in [0.1, 0.15) is 0 Å². The van der Waals surface area contributed by atoms with Crippen molar-refractivity contribution in [3.8, 4) is 0 Å². The first-order valence-electron chi connectivity index (χ1n) is 12.9. The highest BCUT2D eigenvalue weighted by Gasteiger charge is 2.28. The Bertz CT molecular complexity index is 533. The minimum absolute atomic E-state index is 0.0149. The Morgan fingerprint density at radius 2 is 0.914 bits per heavy atom. The lowest BCUT2D eigenvalue weighted by molar-refractivity contribution is 0.0402. The molecule has 0 spiro atoms. The molecule has 0 bridgehead atoms. The second kappa shape index (κ2) is 14.6. The fourth-order valence-corrected chi connectivity index (χ4v) is 5.76. The van der Waals surface area contributed by atoms with Crippen molar-refractivity contribution in [1.82, 2.24) is 14.7 Å². The van der Waals surface area contributed by atoms with Gasteiger partial charge < -0.3 is 27.1 Å². The Balaban J connectivity index is 1.70. The molecule has 0 atom stereocenters. The van der Waals surface area contributed by atoms with Crippen molar-refractivity contribution in [3.05, 3.63) is 0 Å². The summed E-state index contributed by atoms with van der Waals surface area (Å²) in [7, 11) is -2.61. The molecule has 0 aliphatic carbocycles. The Morgan fingerprint density at radius 1 is 0.600 bits per heavy atom. The molecule has 0 aromatic rings. The molecule has 2 saturated heterocycles. The second-order valence-electron chi connectivity index (χ2n) is 11.9. The molecule has 2 aliphatic rings. The van der Waals surface area contributed by atoms with Crippen LogP contribution < -0.4 is 0 Å². The van der Waals surface area contributed by atoms with Crippen molar-refractivity contribution < 1.29 is 27.1 Å². The third-order valence-electron chi connectivity index (χ3n) is 6.19. The average Bonchev–Trinajstić information content (AvgIpc) is 2.66. The maximum absolute atomic E-state index is 6.00. The van der Waals surface area contributed by atoms with Crippen molar-refractivity contribution in [2.75, 3.05) is 78.9 Å². The van der Waals surface area contributed by atoms with Gasteiger partial charge in [0, 0.05) is 55.9 Å². The van der Waals surface area contributed by atoms with Gasteiger partial charge in [-0.2, -0.15) is 0 Å². The zero-order valence-corrected chi connectivity index (χ0v) is 25.5. The molecule has 0 saturated carbocycles. The third kappa shape index (κ3) is 12.3. The van der Waals surface area contributed by atoms with Crippen LogP contribution in [0, 0.1) is 0 Å². The molecule has 0 radical (unpaired) electrons. The van der Waals surface area contributed by atoms with Crippen molar-refractivity contribution in [1.29, 1.82) is 0 Å². The second-order valence-corrected chi connectivity index (χ2v) is 14.4. The molecule has 0 N–H and O–H groups in total. The molecule has 0 amide bonds. The van der Waals surface area contributed by atoms with Crippen LogP contribution in [0.25, 0.3) is 0 Å². The molecule has 2 rings (SSSR count). The van der Waals surface area contributed by atoms with Gasteiger partial charge >= 0.3 is 17.2 Å². The van der Waals surface area contributed by atoms with E-state index < -0.39 is 17.2 Å². The fourth-order valence-electron chi connectivity index (χ4n) is 3.92. The first-order valence-corrected chi connectivity index (χ1v) is 15.1. The van der Waals surface area contributed by atoms with Crippen molar-refractivity contribution in [2.45, 2.75) is 78.9 Å². The van der Waals surface area contributed by atoms with E-state index in [1.807, 2.05) is 0 Å². The zero-order valence-electron chi connectivity index (χ0n) is 23.7. The molecule has 9 nitrogen and oxygen atoms in total. The van der Waals surface area contributed by atoms with Gasteiger partial charge in [0.05, 0.1) is 39.6 Å². The van der Waals surface area contributed by atoms with Crippen LogP contribution in [0.1, 0.15) is 62.3 Å². The van der Waals surface area contributed by atoms with Gasteiger partial charge in [-0.05, 0) is 62.3 Å². The van der Waals surface area contributed by atoms with Gasteiger partial charge in [-0.3, -0.25) is 14.7 Å². The largest absolute Gasteiger partial charge is 0.332 e. The van der Waals surface area contributed by atoms with Gasteiger partial charge in [-0.25, -0.2) is 0 Å². The summed E-state index contributed by atoms with van der Waals surface area (Å²) in [5.41, 5.74) is 0.213. The van der Waals surface area contributed by atoms with Crippen LogP contribution in [0.15, 0.2) is 0 Å². The SMILES string of the molecule is CC(C)(C)N1CCOP(OCCN(CCOP2OCCN(C(C)(C)C)CCO2)C(C)(C)C)OCC1. The first kappa shape index (κ1) is 31.7. The van der Waals surface area contributed by atoms with E-state index in [1.54, 1.807) is 0 Å². The highest BCUT2D eigenvalue weighted by atomic mass is 31.2. The van der Waals surface area contributed by atoms with E-state index in [0.29, 0.717) is 39.6 Å². The normalized spacial score (nSPS) is 22.1. The van der Waals surface area contributed by atoms with Crippen LogP contribution in [0.5, 0.6) is 0 Å². The molecular formula is C24H51N3O6P2. The maximum atomic E-state index is 6.00. The predicted octanol–water partition coefficient (Wildman–Crippen LogP) is 4.87. The summed E-state index contributed by atoms with van der Waals surface area (Å²) in [5, 5.41) is 0. The monoisotopic (exact) mass is 539 g/mol. The summed E-state index contributed by atoms with van der Waals surface area (Å²) in [6, 6.07) is 0. The number of nitrogens with zero attached hydrogens (tertiary/aromatic N) is 3. The minimum atomic E-state index is -1.30. The van der Waals surface area contributed by atoms with Crippen molar-refractivity contribution in [3.63, 3.8) is 0 Å². The van der Waals surface area contributed by atoms with E-state index in [2.05, 4.69) is 77.0 Å². The first-order chi connectivity index (χ1) is 16.3. The van der Waals surface area contributed by atoms with Gasteiger partial charge in [-0.1, -0.05) is 0 Å². The van der Waals surface area contributed by atoms with E-state index in [1.165, 1.54) is 0 Å². The summed E-state index contributed by atoms with van der Waals surface area (Å²) in [6.45, 7) is 28.6. The Hall–Kier alpha value is 0.500. The lowest BCUT2D eigenvalue weighted by Crippen LogP contribution is -2.46. The van der Waals surface area contributed by atoms with Crippen LogP contribution in [0.3, 0.4) is 0 Å². The van der Waals surface area contributed by atoms with Crippen LogP contribution in [-0.4, -0.2) is 110 Å². The molecule has 0 aromatic heterocycles. The Labute approximate surface area is 217 Å². The van der Waals surface area contributed by atoms with Crippen LogP contribution in [0.4, 0.5) is 0 Å². The Morgan fingerprint density at radius 3 is 1.17 bits per heavy atom. The molecule has 208 valence electrons. The summed E-state index contributed by atoms with van der Waals surface area (Å²) < 4.78 is 35.6. The van der Waals surface area contributed by atoms with Crippen LogP contribution >= 0.6 is 17.2 Å². The van der Waals surface area contributed by atoms with Gasteiger partial charge in [0.2, 0.25) is 0 Å². The number of hydrogen-bond acceptors (Lipinski definition) is 9. The quantitative estimate of drug-likeness (QED) is 0.402. The standard InChI is InChI=1S/C24H51N3O6P2/c1-22(2,3)25(10-16-28-34-30-18-12-26(13-19-31-34)23(4,5)6)11-17-29-35-32-20-14-27(15-21-33-35)24(7,8)9/h10-21H2,1-9H3. The number of hydrogen-bond donors (Lipinski definition) is 0. The van der Waals surface area contributed by atoms with Gasteiger partial charge in [-0.15, -0.1) is 0 Å². The Kier molecular flexibility index (Phi) is 13.2. The number of rotatable bonds is 8. The summed E-state index contributed by atoms with van der Waals surface area (Å²) in [6.07, 6.45) is 0. The van der Waals surface area contributed by atoms with Crippen LogP contribution in [-0.2, 0) is 27.1 Å². The highest BCUT2D eigenvalue weighted by molar-refractivity contribution is 7.41. The lowest BCUT2D eigenvalue weighted by atomic mass is 10.1. The van der Waals surface area contributed by atoms with Gasteiger partial charge in [0.15, 0.2) is 0 Å². The molecule has 2 heterocycles. The molecular weight excluding hydrogens is 488 g/mol. The van der Waals surface area contributed by atoms with E-state index in [0.717, 1.165) is 39.3 Å². The summed E-state index contributed by atoms with van der Waals surface area (Å²) in [4.78, 5) is 7.12. The lowest BCUT2D eigenvalue weighted by Gasteiger charge is -2.38. The van der Waals surface area contributed by atoms with E-state index >= 15 is 0 Å². The molecule has 0 aromatic carbocycles. The summed E-state index contributed by atoms with van der Waals surface area (Å²) >= 11 is 0. The highest BCUT2D eigenvalue weighted by Crippen LogP contribution is 2.41. The average molecular weight is 540 g/mol. The molecule has 0 unspecified atom stereocenters. The van der Waals surface area contributed by atoms with Crippen molar-refractivity contribution >= 4 is 17.2 Å². The fraction of sp³-hybridized carbons (Fsp3) is 1.00. The topological polar surface area (TPSA) is 65.1 Å². The van der Waals surface area contributed by atoms with Crippen molar-refractivity contribution in [2.24, 2.45) is 0 Å². The van der Waals surface area contributed by atoms with Crippen LogP contribution in [0.2, 0.25) is 0 Å². The minimum Gasteiger partial charge on any atom is -0.311 e. The van der Waals surface area contributed by atoms with E-state index in [4.69, 9.17) is 27.1 Å². The molecule has 35 heavy (non-hydrogen) atoms. The smallest absolute Gasteiger partial charge is 0.311 e. The molecule has 2 aliphatic heterocycles. The predicted molar refractivity (Wildman–Crippen MR) is 144 cm³/mol. The maximum Gasteiger partial charge on any atom is 0.332 e. The van der Waals surface area contributed by atoms with E-state index in [-0.39, 0.29) is 16.6 Å².